The van der Waals surface area contributed by atoms with Crippen molar-refractivity contribution < 1.29 is 17.9 Å². The van der Waals surface area contributed by atoms with Crippen LogP contribution in [0.4, 0.5) is 0 Å². The summed E-state index contributed by atoms with van der Waals surface area (Å²) in [5.74, 6) is -0.897. The quantitative estimate of drug-likeness (QED) is 0.614. The number of nitrogens with one attached hydrogen (secondary N) is 1. The second-order valence-electron chi connectivity index (χ2n) is 4.54. The lowest BCUT2D eigenvalue weighted by Gasteiger charge is -2.06. The van der Waals surface area contributed by atoms with Gasteiger partial charge in [0.25, 0.3) is 0 Å². The molecule has 0 bridgehead atoms. The zero-order valence-corrected chi connectivity index (χ0v) is 13.9. The number of ether oxygens (including phenoxy) is 1. The third kappa shape index (κ3) is 3.97. The van der Waals surface area contributed by atoms with E-state index in [9.17, 15) is 13.2 Å². The minimum absolute atomic E-state index is 0.0557. The normalized spacial score (nSPS) is 11.5. The van der Waals surface area contributed by atoms with Gasteiger partial charge in [0.2, 0.25) is 0 Å². The number of rotatable bonds is 6. The first-order valence-corrected chi connectivity index (χ1v) is 8.68. The van der Waals surface area contributed by atoms with Crippen molar-refractivity contribution in [1.29, 1.82) is 0 Å². The largest absolute Gasteiger partial charge is 0.469 e. The van der Waals surface area contributed by atoms with Gasteiger partial charge in [-0.25, -0.2) is 13.4 Å². The summed E-state index contributed by atoms with van der Waals surface area (Å²) in [6, 6.07) is 4.80. The number of hydrogen-bond acceptors (Lipinski definition) is 7. The molecule has 2 rings (SSSR count). The maximum Gasteiger partial charge on any atom is 0.306 e. The standard InChI is InChI=1S/C13H16N3O4PS/c1-20-13(17)4-5-22(18,19)12-3-2-9-7-14-10(8-15-21)6-11(9)16-12/h2-3,6-7,15H,4-5,8,21H2,1H3. The summed E-state index contributed by atoms with van der Waals surface area (Å²) < 4.78 is 28.9. The van der Waals surface area contributed by atoms with Crippen LogP contribution >= 0.6 is 9.39 Å². The van der Waals surface area contributed by atoms with Crippen LogP contribution in [0.15, 0.2) is 29.4 Å². The van der Waals surface area contributed by atoms with Crippen LogP contribution in [0.2, 0.25) is 0 Å². The molecule has 0 fully saturated rings. The van der Waals surface area contributed by atoms with E-state index in [2.05, 4.69) is 29.2 Å². The molecular weight excluding hydrogens is 325 g/mol. The zero-order chi connectivity index (χ0) is 16.2. The molecule has 0 radical (unpaired) electrons. The van der Waals surface area contributed by atoms with Crippen LogP contribution in [0.25, 0.3) is 10.9 Å². The fourth-order valence-corrected chi connectivity index (χ4v) is 3.20. The summed E-state index contributed by atoms with van der Waals surface area (Å²) in [7, 11) is -0.0428. The third-order valence-electron chi connectivity index (χ3n) is 3.01. The monoisotopic (exact) mass is 341 g/mol. The van der Waals surface area contributed by atoms with Crippen molar-refractivity contribution >= 4 is 36.1 Å². The number of nitrogens with zero attached hydrogens (tertiary/aromatic N) is 2. The van der Waals surface area contributed by atoms with Crippen molar-refractivity contribution in [2.45, 2.75) is 18.0 Å². The number of hydrogen-bond donors (Lipinski definition) is 1. The molecule has 0 saturated heterocycles. The van der Waals surface area contributed by atoms with Crippen LogP contribution < -0.4 is 5.09 Å². The van der Waals surface area contributed by atoms with Crippen molar-refractivity contribution in [1.82, 2.24) is 15.1 Å². The summed E-state index contributed by atoms with van der Waals surface area (Å²) in [6.45, 7) is 0.529. The van der Waals surface area contributed by atoms with E-state index in [1.165, 1.54) is 13.2 Å². The molecule has 0 saturated carbocycles. The molecular formula is C13H16N3O4PS. The molecule has 1 N–H and O–H groups in total. The Bertz CT molecular complexity index is 795. The molecule has 2 aromatic heterocycles. The average Bonchev–Trinajstić information content (AvgIpc) is 2.52. The van der Waals surface area contributed by atoms with Crippen LogP contribution in [0.1, 0.15) is 12.1 Å². The number of fused-ring (bicyclic) bond motifs is 1. The van der Waals surface area contributed by atoms with E-state index in [0.717, 1.165) is 11.1 Å². The van der Waals surface area contributed by atoms with Crippen molar-refractivity contribution in [2.24, 2.45) is 0 Å². The van der Waals surface area contributed by atoms with Crippen LogP contribution in [0, 0.1) is 0 Å². The average molecular weight is 341 g/mol. The lowest BCUT2D eigenvalue weighted by atomic mass is 10.2. The van der Waals surface area contributed by atoms with E-state index >= 15 is 0 Å². The molecule has 0 spiro atoms. The number of pyridine rings is 2. The molecule has 0 aromatic carbocycles. The van der Waals surface area contributed by atoms with Gasteiger partial charge in [0, 0.05) is 18.1 Å². The second-order valence-corrected chi connectivity index (χ2v) is 7.01. The molecule has 2 aromatic rings. The summed E-state index contributed by atoms with van der Waals surface area (Å²) >= 11 is 0. The fraction of sp³-hybridized carbons (Fsp3) is 0.308. The highest BCUT2D eigenvalue weighted by Crippen LogP contribution is 2.17. The summed E-state index contributed by atoms with van der Waals surface area (Å²) in [6.07, 6.45) is 1.45. The van der Waals surface area contributed by atoms with Gasteiger partial charge in [-0.3, -0.25) is 14.9 Å². The lowest BCUT2D eigenvalue weighted by molar-refractivity contribution is -0.140. The van der Waals surface area contributed by atoms with Gasteiger partial charge in [0.15, 0.2) is 14.9 Å². The number of esters is 1. The van der Waals surface area contributed by atoms with Crippen LogP contribution in [0.3, 0.4) is 0 Å². The predicted molar refractivity (Wildman–Crippen MR) is 84.8 cm³/mol. The van der Waals surface area contributed by atoms with Crippen LogP contribution in [0.5, 0.6) is 0 Å². The van der Waals surface area contributed by atoms with Gasteiger partial charge < -0.3 is 4.74 Å². The Morgan fingerprint density at radius 3 is 2.86 bits per heavy atom. The van der Waals surface area contributed by atoms with Crippen molar-refractivity contribution in [3.05, 3.63) is 30.1 Å². The molecule has 0 amide bonds. The maximum atomic E-state index is 12.2. The van der Waals surface area contributed by atoms with Crippen LogP contribution in [-0.2, 0) is 25.9 Å². The number of carbonyl (C=O) groups is 1. The van der Waals surface area contributed by atoms with Gasteiger partial charge >= 0.3 is 5.97 Å². The van der Waals surface area contributed by atoms with Crippen molar-refractivity contribution in [3.63, 3.8) is 0 Å². The van der Waals surface area contributed by atoms with Gasteiger partial charge in [0.1, 0.15) is 0 Å². The van der Waals surface area contributed by atoms with Gasteiger partial charge in [0.05, 0.1) is 30.5 Å². The summed E-state index contributed by atoms with van der Waals surface area (Å²) in [5.41, 5.74) is 1.29. The van der Waals surface area contributed by atoms with E-state index in [1.54, 1.807) is 18.3 Å². The van der Waals surface area contributed by atoms with E-state index in [4.69, 9.17) is 0 Å². The molecule has 7 nitrogen and oxygen atoms in total. The Balaban J connectivity index is 2.32. The Kier molecular flexibility index (Phi) is 5.39. The first kappa shape index (κ1) is 16.7. The van der Waals surface area contributed by atoms with Gasteiger partial charge in [-0.2, -0.15) is 0 Å². The zero-order valence-electron chi connectivity index (χ0n) is 11.9. The number of aromatic nitrogens is 2. The predicted octanol–water partition coefficient (Wildman–Crippen LogP) is 0.846. The van der Waals surface area contributed by atoms with Gasteiger partial charge in [-0.15, -0.1) is 0 Å². The highest BCUT2D eigenvalue weighted by atomic mass is 32.2. The Morgan fingerprint density at radius 1 is 1.41 bits per heavy atom. The van der Waals surface area contributed by atoms with E-state index in [-0.39, 0.29) is 17.2 Å². The topological polar surface area (TPSA) is 98.3 Å². The highest BCUT2D eigenvalue weighted by molar-refractivity contribution is 7.91. The second kappa shape index (κ2) is 7.09. The van der Waals surface area contributed by atoms with E-state index < -0.39 is 15.8 Å². The third-order valence-corrected chi connectivity index (χ3v) is 4.82. The summed E-state index contributed by atoms with van der Waals surface area (Å²) in [5, 5.41) is 3.58. The minimum atomic E-state index is -3.63. The molecule has 22 heavy (non-hydrogen) atoms. The minimum Gasteiger partial charge on any atom is -0.469 e. The number of methoxy groups -OCH3 is 1. The lowest BCUT2D eigenvalue weighted by Crippen LogP contribution is -2.13. The van der Waals surface area contributed by atoms with Gasteiger partial charge in [-0.05, 0) is 18.2 Å². The summed E-state index contributed by atoms with van der Waals surface area (Å²) in [4.78, 5) is 19.5. The Labute approximate surface area is 130 Å². The first-order valence-electron chi connectivity index (χ1n) is 6.45. The van der Waals surface area contributed by atoms with Crippen LogP contribution in [-0.4, -0.2) is 37.2 Å². The number of sulfone groups is 1. The molecule has 0 aliphatic carbocycles. The molecule has 0 aliphatic rings. The van der Waals surface area contributed by atoms with E-state index in [0.29, 0.717) is 12.1 Å². The Hall–Kier alpha value is -1.63. The smallest absolute Gasteiger partial charge is 0.306 e. The highest BCUT2D eigenvalue weighted by Gasteiger charge is 2.18. The molecule has 118 valence electrons. The van der Waals surface area contributed by atoms with E-state index in [1.807, 2.05) is 0 Å². The van der Waals surface area contributed by atoms with Crippen molar-refractivity contribution in [3.8, 4) is 0 Å². The Morgan fingerprint density at radius 2 is 2.18 bits per heavy atom. The molecule has 1 unspecified atom stereocenters. The SMILES string of the molecule is COC(=O)CCS(=O)(=O)c1ccc2cnc(CNP)cc2n1. The molecule has 1 atom stereocenters. The van der Waals surface area contributed by atoms with Gasteiger partial charge in [-0.1, -0.05) is 9.39 Å². The molecule has 0 aliphatic heterocycles. The molecule has 2 heterocycles. The molecule has 9 heteroatoms. The maximum absolute atomic E-state index is 12.2. The van der Waals surface area contributed by atoms with Crippen molar-refractivity contribution in [2.75, 3.05) is 12.9 Å². The fourth-order valence-electron chi connectivity index (χ4n) is 1.84. The first-order chi connectivity index (χ1) is 10.5. The number of carbonyl (C=O) groups excluding carboxylic acids is 1.